The number of hydrogen-bond acceptors (Lipinski definition) is 5. The van der Waals surface area contributed by atoms with Crippen molar-refractivity contribution in [2.75, 3.05) is 20.3 Å². The van der Waals surface area contributed by atoms with E-state index in [-0.39, 0.29) is 5.91 Å². The minimum absolute atomic E-state index is 0.122. The van der Waals surface area contributed by atoms with E-state index in [1.54, 1.807) is 48.9 Å². The van der Waals surface area contributed by atoms with Crippen molar-refractivity contribution in [2.45, 2.75) is 6.54 Å². The van der Waals surface area contributed by atoms with E-state index in [2.05, 4.69) is 10.3 Å². The number of methoxy groups -OCH3 is 1. The lowest BCUT2D eigenvalue weighted by molar-refractivity contribution is 0.0951. The van der Waals surface area contributed by atoms with E-state index in [1.807, 2.05) is 29.6 Å². The standard InChI is InChI=1S/C20H20N2O3S/c1-24-10-11-25-17-6-4-16(5-7-17)20(23)22-14-15-8-9-21-18(13-15)19-3-2-12-26-19/h2-9,12-13H,10-11,14H2,1H3,(H,22,23). The zero-order valence-electron chi connectivity index (χ0n) is 14.5. The molecular weight excluding hydrogens is 348 g/mol. The van der Waals surface area contributed by atoms with Crippen LogP contribution in [0.3, 0.4) is 0 Å². The summed E-state index contributed by atoms with van der Waals surface area (Å²) in [5.41, 5.74) is 2.53. The number of carbonyl (C=O) groups is 1. The molecule has 0 saturated heterocycles. The molecule has 5 nitrogen and oxygen atoms in total. The van der Waals surface area contributed by atoms with Crippen LogP contribution in [0.25, 0.3) is 10.6 Å². The topological polar surface area (TPSA) is 60.5 Å². The zero-order valence-corrected chi connectivity index (χ0v) is 15.3. The number of amides is 1. The van der Waals surface area contributed by atoms with E-state index < -0.39 is 0 Å². The van der Waals surface area contributed by atoms with Crippen LogP contribution in [-0.2, 0) is 11.3 Å². The second kappa shape index (κ2) is 9.12. The van der Waals surface area contributed by atoms with Gasteiger partial charge >= 0.3 is 0 Å². The lowest BCUT2D eigenvalue weighted by atomic mass is 10.2. The van der Waals surface area contributed by atoms with Gasteiger partial charge in [0.25, 0.3) is 5.91 Å². The first-order valence-electron chi connectivity index (χ1n) is 8.25. The second-order valence-electron chi connectivity index (χ2n) is 5.57. The maximum absolute atomic E-state index is 12.3. The molecule has 2 heterocycles. The highest BCUT2D eigenvalue weighted by atomic mass is 32.1. The third-order valence-electron chi connectivity index (χ3n) is 3.72. The molecule has 0 bridgehead atoms. The number of carbonyl (C=O) groups excluding carboxylic acids is 1. The number of hydrogen-bond donors (Lipinski definition) is 1. The molecule has 0 saturated carbocycles. The summed E-state index contributed by atoms with van der Waals surface area (Å²) in [5.74, 6) is 0.594. The van der Waals surface area contributed by atoms with Gasteiger partial charge in [0.15, 0.2) is 0 Å². The van der Waals surface area contributed by atoms with E-state index in [4.69, 9.17) is 9.47 Å². The summed E-state index contributed by atoms with van der Waals surface area (Å²) < 4.78 is 10.4. The number of rotatable bonds is 8. The van der Waals surface area contributed by atoms with E-state index in [0.717, 1.165) is 16.1 Å². The Kier molecular flexibility index (Phi) is 6.35. The number of pyridine rings is 1. The number of thiophene rings is 1. The Morgan fingerprint density at radius 3 is 2.73 bits per heavy atom. The summed E-state index contributed by atoms with van der Waals surface area (Å²) in [7, 11) is 1.63. The molecule has 0 aliphatic rings. The van der Waals surface area contributed by atoms with Gasteiger partial charge in [-0.3, -0.25) is 9.78 Å². The monoisotopic (exact) mass is 368 g/mol. The van der Waals surface area contributed by atoms with Gasteiger partial charge in [-0.2, -0.15) is 0 Å². The van der Waals surface area contributed by atoms with E-state index >= 15 is 0 Å². The van der Waals surface area contributed by atoms with Gasteiger partial charge in [0.1, 0.15) is 12.4 Å². The van der Waals surface area contributed by atoms with E-state index in [1.165, 1.54) is 0 Å². The average Bonchev–Trinajstić information content (AvgIpc) is 3.22. The molecule has 1 amide bonds. The maximum atomic E-state index is 12.3. The van der Waals surface area contributed by atoms with Gasteiger partial charge in [0.2, 0.25) is 0 Å². The molecule has 0 atom stereocenters. The Morgan fingerprint density at radius 1 is 1.15 bits per heavy atom. The smallest absolute Gasteiger partial charge is 0.251 e. The molecule has 0 aliphatic carbocycles. The van der Waals surface area contributed by atoms with Gasteiger partial charge in [0.05, 0.1) is 17.2 Å². The first-order valence-corrected chi connectivity index (χ1v) is 9.13. The van der Waals surface area contributed by atoms with Gasteiger partial charge in [-0.05, 0) is 53.4 Å². The molecule has 6 heteroatoms. The lowest BCUT2D eigenvalue weighted by Crippen LogP contribution is -2.22. The Labute approximate surface area is 156 Å². The molecule has 26 heavy (non-hydrogen) atoms. The molecule has 0 unspecified atom stereocenters. The van der Waals surface area contributed by atoms with Crippen LogP contribution in [-0.4, -0.2) is 31.2 Å². The average molecular weight is 368 g/mol. The van der Waals surface area contributed by atoms with Crippen LogP contribution in [0.4, 0.5) is 0 Å². The molecule has 0 fully saturated rings. The highest BCUT2D eigenvalue weighted by Crippen LogP contribution is 2.23. The molecule has 2 aromatic heterocycles. The number of ether oxygens (including phenoxy) is 2. The predicted molar refractivity (Wildman–Crippen MR) is 103 cm³/mol. The Hall–Kier alpha value is -2.70. The summed E-state index contributed by atoms with van der Waals surface area (Å²) in [6, 6.07) is 15.0. The largest absolute Gasteiger partial charge is 0.491 e. The number of aromatic nitrogens is 1. The first kappa shape index (κ1) is 18.1. The summed E-state index contributed by atoms with van der Waals surface area (Å²) in [6.45, 7) is 1.46. The normalized spacial score (nSPS) is 10.5. The van der Waals surface area contributed by atoms with E-state index in [0.29, 0.717) is 31.1 Å². The van der Waals surface area contributed by atoms with E-state index in [9.17, 15) is 4.79 Å². The third kappa shape index (κ3) is 4.91. The van der Waals surface area contributed by atoms with Crippen molar-refractivity contribution in [2.24, 2.45) is 0 Å². The summed E-state index contributed by atoms with van der Waals surface area (Å²) >= 11 is 1.64. The molecule has 3 aromatic rings. The van der Waals surface area contributed by atoms with Crippen molar-refractivity contribution in [1.82, 2.24) is 10.3 Å². The molecular formula is C20H20N2O3S. The number of nitrogens with one attached hydrogen (secondary N) is 1. The third-order valence-corrected chi connectivity index (χ3v) is 4.62. The Balaban J connectivity index is 1.56. The minimum Gasteiger partial charge on any atom is -0.491 e. The quantitative estimate of drug-likeness (QED) is 0.615. The predicted octanol–water partition coefficient (Wildman–Crippen LogP) is 3.77. The Morgan fingerprint density at radius 2 is 2.00 bits per heavy atom. The Bertz CT molecular complexity index is 833. The zero-order chi connectivity index (χ0) is 18.2. The maximum Gasteiger partial charge on any atom is 0.251 e. The summed E-state index contributed by atoms with van der Waals surface area (Å²) in [6.07, 6.45) is 1.77. The van der Waals surface area contributed by atoms with Crippen LogP contribution >= 0.6 is 11.3 Å². The first-order chi connectivity index (χ1) is 12.8. The fourth-order valence-electron chi connectivity index (χ4n) is 2.37. The van der Waals surface area contributed by atoms with Crippen LogP contribution in [0.5, 0.6) is 5.75 Å². The summed E-state index contributed by atoms with van der Waals surface area (Å²) in [4.78, 5) is 17.8. The van der Waals surface area contributed by atoms with Crippen molar-refractivity contribution < 1.29 is 14.3 Å². The molecule has 0 spiro atoms. The molecule has 3 rings (SSSR count). The highest BCUT2D eigenvalue weighted by molar-refractivity contribution is 7.13. The van der Waals surface area contributed by atoms with Crippen LogP contribution in [0.15, 0.2) is 60.1 Å². The van der Waals surface area contributed by atoms with Gasteiger partial charge in [-0.1, -0.05) is 6.07 Å². The molecule has 134 valence electrons. The van der Waals surface area contributed by atoms with Gasteiger partial charge < -0.3 is 14.8 Å². The fourth-order valence-corrected chi connectivity index (χ4v) is 3.07. The summed E-state index contributed by atoms with van der Waals surface area (Å²) in [5, 5.41) is 4.96. The van der Waals surface area contributed by atoms with Crippen molar-refractivity contribution >= 4 is 17.2 Å². The SMILES string of the molecule is COCCOc1ccc(C(=O)NCc2ccnc(-c3cccs3)c2)cc1. The lowest BCUT2D eigenvalue weighted by Gasteiger charge is -2.08. The van der Waals surface area contributed by atoms with Crippen molar-refractivity contribution in [3.63, 3.8) is 0 Å². The second-order valence-corrected chi connectivity index (χ2v) is 6.52. The van der Waals surface area contributed by atoms with Gasteiger partial charge in [-0.25, -0.2) is 0 Å². The van der Waals surface area contributed by atoms with Crippen LogP contribution in [0.1, 0.15) is 15.9 Å². The fraction of sp³-hybridized carbons (Fsp3) is 0.200. The number of nitrogens with zero attached hydrogens (tertiary/aromatic N) is 1. The van der Waals surface area contributed by atoms with Crippen molar-refractivity contribution in [3.05, 3.63) is 71.2 Å². The minimum atomic E-state index is -0.122. The van der Waals surface area contributed by atoms with Crippen LogP contribution in [0, 0.1) is 0 Å². The highest BCUT2D eigenvalue weighted by Gasteiger charge is 2.07. The van der Waals surface area contributed by atoms with Crippen LogP contribution in [0.2, 0.25) is 0 Å². The van der Waals surface area contributed by atoms with Crippen molar-refractivity contribution in [3.8, 4) is 16.3 Å². The van der Waals surface area contributed by atoms with Crippen molar-refractivity contribution in [1.29, 1.82) is 0 Å². The molecule has 1 aromatic carbocycles. The van der Waals surface area contributed by atoms with Gasteiger partial charge in [0, 0.05) is 25.4 Å². The molecule has 0 radical (unpaired) electrons. The van der Waals surface area contributed by atoms with Gasteiger partial charge in [-0.15, -0.1) is 11.3 Å². The molecule has 0 aliphatic heterocycles. The van der Waals surface area contributed by atoms with Crippen LogP contribution < -0.4 is 10.1 Å². The molecule has 1 N–H and O–H groups in total. The number of benzene rings is 1.